The Balaban J connectivity index is 1.38. The highest BCUT2D eigenvalue weighted by atomic mass is 19.2. The van der Waals surface area contributed by atoms with E-state index < -0.39 is 41.1 Å². The second-order valence-corrected chi connectivity index (χ2v) is 11.7. The van der Waals surface area contributed by atoms with Crippen molar-refractivity contribution in [1.82, 2.24) is 35.9 Å². The minimum Gasteiger partial charge on any atom is -0.487 e. The molecule has 234 valence electrons. The van der Waals surface area contributed by atoms with Gasteiger partial charge in [0.1, 0.15) is 11.4 Å². The summed E-state index contributed by atoms with van der Waals surface area (Å²) in [7, 11) is 0. The third kappa shape index (κ3) is 8.91. The van der Waals surface area contributed by atoms with Crippen molar-refractivity contribution in [1.29, 1.82) is 0 Å². The monoisotopic (exact) mass is 605 g/mol. The summed E-state index contributed by atoms with van der Waals surface area (Å²) in [6, 6.07) is -0.567. The van der Waals surface area contributed by atoms with E-state index in [4.69, 9.17) is 9.47 Å². The van der Waals surface area contributed by atoms with E-state index >= 15 is 0 Å². The molecular weight excluding hydrogens is 567 g/mol. The van der Waals surface area contributed by atoms with Crippen molar-refractivity contribution in [2.24, 2.45) is 11.8 Å². The normalized spacial score (nSPS) is 21.3. The number of aromatic amines is 1. The van der Waals surface area contributed by atoms with Gasteiger partial charge in [-0.3, -0.25) is 0 Å². The van der Waals surface area contributed by atoms with E-state index in [1.807, 2.05) is 6.92 Å². The number of piperidine rings is 1. The average molecular weight is 606 g/mol. The molecule has 43 heavy (non-hydrogen) atoms. The number of nitrogens with one attached hydrogen (secondary N) is 2. The van der Waals surface area contributed by atoms with Gasteiger partial charge in [-0.05, 0) is 57.7 Å². The number of hydrogen-bond acceptors (Lipinski definition) is 10. The first-order valence-corrected chi connectivity index (χ1v) is 14.2. The van der Waals surface area contributed by atoms with Gasteiger partial charge in [0.05, 0.1) is 24.5 Å². The molecule has 0 spiro atoms. The smallest absolute Gasteiger partial charge is 0.407 e. The van der Waals surface area contributed by atoms with E-state index in [0.717, 1.165) is 25.9 Å². The van der Waals surface area contributed by atoms with Gasteiger partial charge in [-0.2, -0.15) is 5.21 Å². The number of nitrogens with zero attached hydrogens (tertiary/aromatic N) is 7. The van der Waals surface area contributed by atoms with Crippen LogP contribution in [0.15, 0.2) is 48.6 Å². The van der Waals surface area contributed by atoms with Crippen LogP contribution >= 0.6 is 0 Å². The Hall–Kier alpha value is -4.17. The molecule has 0 radical (unpaired) electrons. The molecule has 2 aromatic rings. The van der Waals surface area contributed by atoms with Crippen molar-refractivity contribution in [3.05, 3.63) is 48.6 Å². The Morgan fingerprint density at radius 1 is 1.14 bits per heavy atom. The SMILES string of the molecule is C=C/C(F)=C(F)\C=C(\F)C[C@H]1CN(c2ncc(O[C@@H](C)C3CCN(c4nn[nH]n4)CC3)cn2)C[C@@H]1NC(=O)OC(C)(C)C. The Bertz CT molecular complexity index is 1290. The first kappa shape index (κ1) is 31.8. The molecule has 3 atom stereocenters. The number of carbonyl (C=O) groups is 1. The molecule has 1 amide bonds. The van der Waals surface area contributed by atoms with Gasteiger partial charge in [-0.1, -0.05) is 11.7 Å². The number of H-pyrrole nitrogens is 1. The molecule has 0 unspecified atom stereocenters. The number of aromatic nitrogens is 6. The first-order chi connectivity index (χ1) is 20.4. The van der Waals surface area contributed by atoms with Crippen molar-refractivity contribution >= 4 is 18.0 Å². The predicted octanol–water partition coefficient (Wildman–Crippen LogP) is 4.58. The third-order valence-electron chi connectivity index (χ3n) is 7.33. The number of anilines is 2. The van der Waals surface area contributed by atoms with Gasteiger partial charge in [0, 0.05) is 44.6 Å². The number of hydrogen-bond donors (Lipinski definition) is 2. The molecule has 15 heteroatoms. The molecule has 2 aromatic heterocycles. The summed E-state index contributed by atoms with van der Waals surface area (Å²) in [4.78, 5) is 25.3. The zero-order chi connectivity index (χ0) is 31.1. The molecular formula is C28H38F3N9O3. The molecule has 0 bridgehead atoms. The van der Waals surface area contributed by atoms with Gasteiger partial charge >= 0.3 is 6.09 Å². The third-order valence-corrected chi connectivity index (χ3v) is 7.33. The Kier molecular flexibility index (Phi) is 10.2. The number of ether oxygens (including phenoxy) is 2. The van der Waals surface area contributed by atoms with Crippen molar-refractivity contribution < 1.29 is 27.4 Å². The van der Waals surface area contributed by atoms with E-state index in [1.165, 1.54) is 0 Å². The van der Waals surface area contributed by atoms with Crippen molar-refractivity contribution in [2.45, 2.75) is 64.7 Å². The molecule has 4 rings (SSSR count). The number of rotatable bonds is 10. The van der Waals surface area contributed by atoms with Crippen LogP contribution in [-0.2, 0) is 4.74 Å². The van der Waals surface area contributed by atoms with Crippen LogP contribution in [0.3, 0.4) is 0 Å². The number of tetrazole rings is 1. The maximum Gasteiger partial charge on any atom is 0.407 e. The lowest BCUT2D eigenvalue weighted by molar-refractivity contribution is 0.0496. The first-order valence-electron chi connectivity index (χ1n) is 14.2. The molecule has 0 saturated carbocycles. The fourth-order valence-electron chi connectivity index (χ4n) is 5.18. The van der Waals surface area contributed by atoms with Gasteiger partial charge in [-0.25, -0.2) is 27.9 Å². The van der Waals surface area contributed by atoms with E-state index in [-0.39, 0.29) is 25.6 Å². The second-order valence-electron chi connectivity index (χ2n) is 11.7. The molecule has 0 aliphatic carbocycles. The standard InChI is InChI=1S/C28H38F3N9O3/c1-6-22(30)23(31)12-20(29)11-19-15-40(16-24(19)34-27(41)43-28(3,4)5)25-32-13-21(14-33-25)42-17(2)18-7-9-39(10-8-18)26-35-37-38-36-26/h6,12-14,17-19,24H,1,7-11,15-16H2,2-5H3,(H,34,41)(H,35,36,37,38)/b20-12+,23-22-/t17-,19-,24-/m0/s1. The van der Waals surface area contributed by atoms with E-state index in [1.54, 1.807) is 38.1 Å². The summed E-state index contributed by atoms with van der Waals surface area (Å²) >= 11 is 0. The van der Waals surface area contributed by atoms with E-state index in [9.17, 15) is 18.0 Å². The predicted molar refractivity (Wildman–Crippen MR) is 153 cm³/mol. The lowest BCUT2D eigenvalue weighted by Crippen LogP contribution is -2.43. The maximum absolute atomic E-state index is 14.7. The number of allylic oxidation sites excluding steroid dienone is 5. The summed E-state index contributed by atoms with van der Waals surface area (Å²) < 4.78 is 53.5. The van der Waals surface area contributed by atoms with Crippen LogP contribution in [-0.4, -0.2) is 80.6 Å². The van der Waals surface area contributed by atoms with Gasteiger partial charge in [0.25, 0.3) is 5.95 Å². The van der Waals surface area contributed by atoms with Crippen LogP contribution in [0, 0.1) is 11.8 Å². The summed E-state index contributed by atoms with van der Waals surface area (Å²) in [6.07, 6.45) is 5.12. The van der Waals surface area contributed by atoms with Gasteiger partial charge in [0.15, 0.2) is 17.4 Å². The molecule has 2 saturated heterocycles. The maximum atomic E-state index is 14.7. The molecule has 2 aliphatic heterocycles. The molecule has 4 heterocycles. The average Bonchev–Trinajstić information content (AvgIpc) is 3.63. The quantitative estimate of drug-likeness (QED) is 0.371. The number of alkyl carbamates (subject to hydrolysis) is 1. The zero-order valence-electron chi connectivity index (χ0n) is 24.8. The highest BCUT2D eigenvalue weighted by molar-refractivity contribution is 5.68. The molecule has 0 aromatic carbocycles. The molecule has 2 fully saturated rings. The number of amides is 1. The van der Waals surface area contributed by atoms with Crippen molar-refractivity contribution in [3.63, 3.8) is 0 Å². The summed E-state index contributed by atoms with van der Waals surface area (Å²) in [5.41, 5.74) is -0.736. The lowest BCUT2D eigenvalue weighted by atomic mass is 9.92. The fourth-order valence-corrected chi connectivity index (χ4v) is 5.18. The second kappa shape index (κ2) is 13.9. The van der Waals surface area contributed by atoms with E-state index in [2.05, 4.69) is 47.4 Å². The highest BCUT2D eigenvalue weighted by Crippen LogP contribution is 2.30. The minimum atomic E-state index is -1.36. The van der Waals surface area contributed by atoms with Crippen LogP contribution in [0.2, 0.25) is 0 Å². The largest absolute Gasteiger partial charge is 0.487 e. The van der Waals surface area contributed by atoms with Crippen LogP contribution in [0.5, 0.6) is 5.75 Å². The number of halogens is 3. The van der Waals surface area contributed by atoms with Crippen LogP contribution in [0.25, 0.3) is 0 Å². The highest BCUT2D eigenvalue weighted by Gasteiger charge is 2.37. The summed E-state index contributed by atoms with van der Waals surface area (Å²) in [5.74, 6) is -2.20. The van der Waals surface area contributed by atoms with Gasteiger partial charge in [0.2, 0.25) is 5.95 Å². The molecule has 12 nitrogen and oxygen atoms in total. The Morgan fingerprint density at radius 3 is 2.44 bits per heavy atom. The Morgan fingerprint density at radius 2 is 1.84 bits per heavy atom. The molecule has 2 aliphatic rings. The minimum absolute atomic E-state index is 0.0735. The lowest BCUT2D eigenvalue weighted by Gasteiger charge is -2.34. The summed E-state index contributed by atoms with van der Waals surface area (Å²) in [6.45, 7) is 12.5. The zero-order valence-corrected chi connectivity index (χ0v) is 24.8. The van der Waals surface area contributed by atoms with Crippen LogP contribution in [0.4, 0.5) is 29.9 Å². The van der Waals surface area contributed by atoms with Crippen LogP contribution in [0.1, 0.15) is 47.0 Å². The molecule has 2 N–H and O–H groups in total. The summed E-state index contributed by atoms with van der Waals surface area (Å²) in [5, 5.41) is 16.9. The van der Waals surface area contributed by atoms with Gasteiger partial charge < -0.3 is 24.6 Å². The van der Waals surface area contributed by atoms with Crippen LogP contribution < -0.4 is 19.9 Å². The van der Waals surface area contributed by atoms with E-state index in [0.29, 0.717) is 35.7 Å². The van der Waals surface area contributed by atoms with Crippen molar-refractivity contribution in [2.75, 3.05) is 36.0 Å². The van der Waals surface area contributed by atoms with Gasteiger partial charge in [-0.15, -0.1) is 5.10 Å². The van der Waals surface area contributed by atoms with Crippen molar-refractivity contribution in [3.8, 4) is 5.75 Å². The number of carbonyl (C=O) groups excluding carboxylic acids is 1. The fraction of sp³-hybridized carbons (Fsp3) is 0.571. The Labute approximate surface area is 248 Å². The topological polar surface area (TPSA) is 134 Å².